The minimum atomic E-state index is -0.612. The molecule has 7 heteroatoms. The molecule has 0 atom stereocenters. The molecule has 0 aliphatic carbocycles. The Morgan fingerprint density at radius 3 is 1.71 bits per heavy atom. The number of carbonyl (C=O) groups excluding carboxylic acids is 3. The van der Waals surface area contributed by atoms with Crippen LogP contribution in [0.3, 0.4) is 0 Å². The molecule has 122 valence electrons. The van der Waals surface area contributed by atoms with Crippen LogP contribution in [0.15, 0.2) is 0 Å². The Morgan fingerprint density at radius 2 is 1.38 bits per heavy atom. The summed E-state index contributed by atoms with van der Waals surface area (Å²) in [6.45, 7) is 5.26. The summed E-state index contributed by atoms with van der Waals surface area (Å²) < 4.78 is 14.3. The quantitative estimate of drug-likeness (QED) is 0.569. The molecule has 1 amide bonds. The van der Waals surface area contributed by atoms with Crippen molar-refractivity contribution in [2.24, 2.45) is 0 Å². The van der Waals surface area contributed by atoms with Crippen LogP contribution < -0.4 is 5.32 Å². The molecule has 0 saturated carbocycles. The highest BCUT2D eigenvalue weighted by molar-refractivity contribution is 5.71. The van der Waals surface area contributed by atoms with E-state index in [1.165, 1.54) is 14.2 Å². The monoisotopic (exact) mass is 303 g/mol. The van der Waals surface area contributed by atoms with Gasteiger partial charge < -0.3 is 19.5 Å². The molecule has 1 N–H and O–H groups in total. The Balaban J connectivity index is 4.45. The van der Waals surface area contributed by atoms with Crippen LogP contribution in [0.4, 0.5) is 4.79 Å². The van der Waals surface area contributed by atoms with E-state index in [1.807, 2.05) is 0 Å². The molecule has 0 saturated heterocycles. The van der Waals surface area contributed by atoms with Gasteiger partial charge in [-0.25, -0.2) is 4.79 Å². The summed E-state index contributed by atoms with van der Waals surface area (Å²) in [6.07, 6.45) is 0.449. The van der Waals surface area contributed by atoms with Crippen LogP contribution >= 0.6 is 0 Å². The minimum absolute atomic E-state index is 0.151. The molecule has 21 heavy (non-hydrogen) atoms. The van der Waals surface area contributed by atoms with E-state index in [4.69, 9.17) is 4.74 Å². The standard InChI is InChI=1S/C14H25NO6/c1-14(2,3)21-13(18)15-10(6-8-11(16)19-4)7-9-12(17)20-5/h10H,6-9H2,1-5H3,(H,15,18). The Morgan fingerprint density at radius 1 is 0.952 bits per heavy atom. The van der Waals surface area contributed by atoms with E-state index >= 15 is 0 Å². The summed E-state index contributed by atoms with van der Waals surface area (Å²) in [5.74, 6) is -0.742. The number of ether oxygens (including phenoxy) is 3. The van der Waals surface area contributed by atoms with Crippen LogP contribution in [-0.2, 0) is 23.8 Å². The lowest BCUT2D eigenvalue weighted by atomic mass is 10.1. The molecule has 7 nitrogen and oxygen atoms in total. The van der Waals surface area contributed by atoms with Crippen molar-refractivity contribution in [1.29, 1.82) is 0 Å². The molecule has 0 unspecified atom stereocenters. The highest BCUT2D eigenvalue weighted by Gasteiger charge is 2.21. The van der Waals surface area contributed by atoms with Gasteiger partial charge in [-0.3, -0.25) is 9.59 Å². The fourth-order valence-electron chi connectivity index (χ4n) is 1.55. The maximum absolute atomic E-state index is 11.7. The highest BCUT2D eigenvalue weighted by Crippen LogP contribution is 2.10. The zero-order chi connectivity index (χ0) is 16.5. The molecule has 0 heterocycles. The van der Waals surface area contributed by atoms with Crippen LogP contribution in [-0.4, -0.2) is 43.9 Å². The number of nitrogens with one attached hydrogen (secondary N) is 1. The fraction of sp³-hybridized carbons (Fsp3) is 0.786. The van der Waals surface area contributed by atoms with Gasteiger partial charge in [0.25, 0.3) is 0 Å². The number of carbonyl (C=O) groups is 3. The second-order valence-corrected chi connectivity index (χ2v) is 5.57. The van der Waals surface area contributed by atoms with Gasteiger partial charge in [-0.1, -0.05) is 0 Å². The first-order chi connectivity index (χ1) is 9.67. The van der Waals surface area contributed by atoms with Gasteiger partial charge in [-0.05, 0) is 33.6 Å². The molecule has 0 aliphatic rings. The predicted octanol–water partition coefficient (Wildman–Crippen LogP) is 1.79. The third-order valence-corrected chi connectivity index (χ3v) is 2.57. The molecule has 0 aromatic heterocycles. The molecule has 0 bridgehead atoms. The van der Waals surface area contributed by atoms with E-state index in [9.17, 15) is 14.4 Å². The second-order valence-electron chi connectivity index (χ2n) is 5.57. The third kappa shape index (κ3) is 10.6. The number of rotatable bonds is 7. The van der Waals surface area contributed by atoms with Crippen LogP contribution in [0, 0.1) is 0 Å². The maximum Gasteiger partial charge on any atom is 0.407 e. The summed E-state index contributed by atoms with van der Waals surface area (Å²) in [5.41, 5.74) is -0.612. The molecule has 0 aromatic rings. The predicted molar refractivity (Wildman–Crippen MR) is 75.7 cm³/mol. The molecule has 0 spiro atoms. The third-order valence-electron chi connectivity index (χ3n) is 2.57. The number of amides is 1. The summed E-state index contributed by atoms with van der Waals surface area (Å²) in [7, 11) is 2.60. The van der Waals surface area contributed by atoms with Crippen molar-refractivity contribution >= 4 is 18.0 Å². The lowest BCUT2D eigenvalue weighted by molar-refractivity contribution is -0.141. The summed E-state index contributed by atoms with van der Waals surface area (Å²) in [5, 5.41) is 2.66. The summed E-state index contributed by atoms with van der Waals surface area (Å²) in [6, 6.07) is -0.363. The molecule has 0 aliphatic heterocycles. The first-order valence-corrected chi connectivity index (χ1v) is 6.81. The summed E-state index contributed by atoms with van der Waals surface area (Å²) in [4.78, 5) is 34.1. The SMILES string of the molecule is COC(=O)CCC(CCC(=O)OC)NC(=O)OC(C)(C)C. The van der Waals surface area contributed by atoms with E-state index in [0.29, 0.717) is 12.8 Å². The topological polar surface area (TPSA) is 90.9 Å². The van der Waals surface area contributed by atoms with Crippen LogP contribution in [0.25, 0.3) is 0 Å². The minimum Gasteiger partial charge on any atom is -0.469 e. The lowest BCUT2D eigenvalue weighted by Crippen LogP contribution is -2.39. The van der Waals surface area contributed by atoms with Crippen molar-refractivity contribution in [2.45, 2.75) is 58.1 Å². The Bertz CT molecular complexity index is 341. The van der Waals surface area contributed by atoms with Crippen LogP contribution in [0.1, 0.15) is 46.5 Å². The number of hydrogen-bond acceptors (Lipinski definition) is 6. The first kappa shape index (κ1) is 19.2. The number of methoxy groups -OCH3 is 2. The molecule has 0 rings (SSSR count). The average Bonchev–Trinajstić information content (AvgIpc) is 2.38. The van der Waals surface area contributed by atoms with E-state index in [-0.39, 0.29) is 30.8 Å². The van der Waals surface area contributed by atoms with Crippen molar-refractivity contribution in [3.05, 3.63) is 0 Å². The molecular formula is C14H25NO6. The second kappa shape index (κ2) is 9.20. The first-order valence-electron chi connectivity index (χ1n) is 6.81. The maximum atomic E-state index is 11.7. The Kier molecular flexibility index (Phi) is 8.42. The molecule has 0 aromatic carbocycles. The molecular weight excluding hydrogens is 278 g/mol. The lowest BCUT2D eigenvalue weighted by Gasteiger charge is -2.23. The largest absolute Gasteiger partial charge is 0.469 e. The fourth-order valence-corrected chi connectivity index (χ4v) is 1.55. The van der Waals surface area contributed by atoms with E-state index < -0.39 is 11.7 Å². The van der Waals surface area contributed by atoms with Gasteiger partial charge in [0.15, 0.2) is 0 Å². The van der Waals surface area contributed by atoms with E-state index in [1.54, 1.807) is 20.8 Å². The van der Waals surface area contributed by atoms with Crippen molar-refractivity contribution in [1.82, 2.24) is 5.32 Å². The zero-order valence-electron chi connectivity index (χ0n) is 13.4. The van der Waals surface area contributed by atoms with Gasteiger partial charge in [0.1, 0.15) is 5.60 Å². The number of esters is 2. The summed E-state index contributed by atoms with van der Waals surface area (Å²) >= 11 is 0. The zero-order valence-corrected chi connectivity index (χ0v) is 13.4. The van der Waals surface area contributed by atoms with Gasteiger partial charge in [-0.2, -0.15) is 0 Å². The van der Waals surface area contributed by atoms with E-state index in [2.05, 4.69) is 14.8 Å². The van der Waals surface area contributed by atoms with Gasteiger partial charge in [0.2, 0.25) is 0 Å². The van der Waals surface area contributed by atoms with Crippen molar-refractivity contribution in [3.63, 3.8) is 0 Å². The van der Waals surface area contributed by atoms with Crippen molar-refractivity contribution in [2.75, 3.05) is 14.2 Å². The van der Waals surface area contributed by atoms with Crippen LogP contribution in [0.2, 0.25) is 0 Å². The normalized spacial score (nSPS) is 11.0. The molecule has 0 radical (unpaired) electrons. The highest BCUT2D eigenvalue weighted by atomic mass is 16.6. The smallest absolute Gasteiger partial charge is 0.407 e. The number of alkyl carbamates (subject to hydrolysis) is 1. The Labute approximate surface area is 125 Å². The van der Waals surface area contributed by atoms with Crippen molar-refractivity contribution < 1.29 is 28.6 Å². The Hall–Kier alpha value is -1.79. The van der Waals surface area contributed by atoms with Gasteiger partial charge in [0, 0.05) is 18.9 Å². The van der Waals surface area contributed by atoms with E-state index in [0.717, 1.165) is 0 Å². The van der Waals surface area contributed by atoms with Gasteiger partial charge >= 0.3 is 18.0 Å². The van der Waals surface area contributed by atoms with Gasteiger partial charge in [-0.15, -0.1) is 0 Å². The molecule has 0 fully saturated rings. The van der Waals surface area contributed by atoms with Crippen LogP contribution in [0.5, 0.6) is 0 Å². The van der Waals surface area contributed by atoms with Gasteiger partial charge in [0.05, 0.1) is 14.2 Å². The average molecular weight is 303 g/mol. The number of hydrogen-bond donors (Lipinski definition) is 1. The van der Waals surface area contributed by atoms with Crippen molar-refractivity contribution in [3.8, 4) is 0 Å².